The number of hydrogen-bond acceptors (Lipinski definition) is 3. The second kappa shape index (κ2) is 10.6. The minimum atomic E-state index is 0.0680. The molecule has 0 atom stereocenters. The van der Waals surface area contributed by atoms with Crippen LogP contribution in [-0.2, 0) is 10.2 Å². The molecule has 27 heavy (non-hydrogen) atoms. The minimum Gasteiger partial charge on any atom is -0.492 e. The highest BCUT2D eigenvalue weighted by Gasteiger charge is 2.12. The molecule has 0 aliphatic carbocycles. The number of carbonyl (C=O) groups is 1. The van der Waals surface area contributed by atoms with Crippen LogP contribution in [0.25, 0.3) is 0 Å². The molecule has 0 unspecified atom stereocenters. The Morgan fingerprint density at radius 2 is 1.74 bits per heavy atom. The lowest BCUT2D eigenvalue weighted by Crippen LogP contribution is -2.27. The van der Waals surface area contributed by atoms with E-state index in [1.165, 1.54) is 10.5 Å². The van der Waals surface area contributed by atoms with Crippen molar-refractivity contribution in [3.8, 4) is 5.75 Å². The largest absolute Gasteiger partial charge is 0.492 e. The molecule has 2 aromatic rings. The maximum Gasteiger partial charge on any atom is 0.220 e. The molecule has 0 aliphatic rings. The van der Waals surface area contributed by atoms with E-state index in [2.05, 4.69) is 38.2 Å². The second-order valence-corrected chi connectivity index (χ2v) is 8.98. The number of nitrogens with one attached hydrogen (secondary N) is 1. The summed E-state index contributed by atoms with van der Waals surface area (Å²) in [6, 6.07) is 15.9. The third-order valence-electron chi connectivity index (χ3n) is 4.04. The molecule has 5 heteroatoms. The lowest BCUT2D eigenvalue weighted by atomic mass is 9.87. The average molecular weight is 406 g/mol. The molecule has 1 amide bonds. The number of rotatable bonds is 9. The third kappa shape index (κ3) is 8.27. The first-order chi connectivity index (χ1) is 12.8. The summed E-state index contributed by atoms with van der Waals surface area (Å²) < 4.78 is 5.69. The maximum atomic E-state index is 11.9. The Hall–Kier alpha value is -1.65. The van der Waals surface area contributed by atoms with Crippen molar-refractivity contribution < 1.29 is 9.53 Å². The highest BCUT2D eigenvalue weighted by atomic mass is 35.5. The van der Waals surface area contributed by atoms with Crippen molar-refractivity contribution in [2.24, 2.45) is 0 Å². The molecule has 0 bridgehead atoms. The van der Waals surface area contributed by atoms with Crippen molar-refractivity contribution >= 4 is 29.3 Å². The van der Waals surface area contributed by atoms with Gasteiger partial charge in [0, 0.05) is 16.3 Å². The zero-order valence-electron chi connectivity index (χ0n) is 16.3. The van der Waals surface area contributed by atoms with Crippen molar-refractivity contribution in [2.75, 3.05) is 18.9 Å². The van der Waals surface area contributed by atoms with Crippen LogP contribution >= 0.6 is 23.4 Å². The average Bonchev–Trinajstić information content (AvgIpc) is 2.63. The van der Waals surface area contributed by atoms with Crippen LogP contribution in [0.2, 0.25) is 5.02 Å². The summed E-state index contributed by atoms with van der Waals surface area (Å²) in [6.07, 6.45) is 1.37. The summed E-state index contributed by atoms with van der Waals surface area (Å²) in [4.78, 5) is 13.0. The van der Waals surface area contributed by atoms with Crippen molar-refractivity contribution in [2.45, 2.75) is 43.9 Å². The summed E-state index contributed by atoms with van der Waals surface area (Å²) in [5.74, 6) is 1.81. The van der Waals surface area contributed by atoms with Crippen molar-refractivity contribution in [3.05, 3.63) is 59.1 Å². The molecule has 0 radical (unpaired) electrons. The Balaban J connectivity index is 1.56. The number of carbonyl (C=O) groups excluding carboxylic acids is 1. The lowest BCUT2D eigenvalue weighted by molar-refractivity contribution is -0.121. The smallest absolute Gasteiger partial charge is 0.220 e. The fourth-order valence-corrected chi connectivity index (χ4v) is 3.43. The van der Waals surface area contributed by atoms with E-state index in [1.54, 1.807) is 11.8 Å². The van der Waals surface area contributed by atoms with Gasteiger partial charge in [0.2, 0.25) is 5.91 Å². The van der Waals surface area contributed by atoms with Gasteiger partial charge in [0.25, 0.3) is 0 Å². The number of ether oxygens (including phenoxy) is 1. The number of amides is 1. The Morgan fingerprint density at radius 1 is 1.07 bits per heavy atom. The Bertz CT molecular complexity index is 709. The standard InChI is InChI=1S/C22H28ClNO2S/c1-22(2,3)17-6-10-19(11-7-17)26-15-14-24-21(25)5-4-16-27-20-12-8-18(23)9-13-20/h6-13H,4-5,14-16H2,1-3H3,(H,24,25). The Labute approximate surface area is 171 Å². The molecular weight excluding hydrogens is 378 g/mol. The van der Waals surface area contributed by atoms with Gasteiger partial charge in [0.1, 0.15) is 12.4 Å². The van der Waals surface area contributed by atoms with E-state index in [0.29, 0.717) is 19.6 Å². The highest BCUT2D eigenvalue weighted by Crippen LogP contribution is 2.24. The SMILES string of the molecule is CC(C)(C)c1ccc(OCCNC(=O)CCCSc2ccc(Cl)cc2)cc1. The molecule has 0 aromatic heterocycles. The predicted molar refractivity (Wildman–Crippen MR) is 115 cm³/mol. The van der Waals surface area contributed by atoms with Gasteiger partial charge in [-0.3, -0.25) is 4.79 Å². The molecule has 2 rings (SSSR count). The van der Waals surface area contributed by atoms with E-state index >= 15 is 0 Å². The Kier molecular flexibility index (Phi) is 8.52. The summed E-state index contributed by atoms with van der Waals surface area (Å²) in [5, 5.41) is 3.65. The van der Waals surface area contributed by atoms with Crippen molar-refractivity contribution in [3.63, 3.8) is 0 Å². The summed E-state index contributed by atoms with van der Waals surface area (Å²) >= 11 is 7.60. The van der Waals surface area contributed by atoms with Crippen LogP contribution in [0.15, 0.2) is 53.4 Å². The molecule has 146 valence electrons. The van der Waals surface area contributed by atoms with E-state index in [-0.39, 0.29) is 11.3 Å². The van der Waals surface area contributed by atoms with E-state index < -0.39 is 0 Å². The molecule has 0 fully saturated rings. The summed E-state index contributed by atoms with van der Waals surface area (Å²) in [5.41, 5.74) is 1.41. The zero-order valence-corrected chi connectivity index (χ0v) is 17.8. The maximum absolute atomic E-state index is 11.9. The first-order valence-corrected chi connectivity index (χ1v) is 10.6. The molecular formula is C22H28ClNO2S. The normalized spacial score (nSPS) is 11.3. The molecule has 0 spiro atoms. The van der Waals surface area contributed by atoms with Crippen LogP contribution in [-0.4, -0.2) is 24.8 Å². The number of halogens is 1. The topological polar surface area (TPSA) is 38.3 Å². The van der Waals surface area contributed by atoms with E-state index in [9.17, 15) is 4.79 Å². The number of benzene rings is 2. The van der Waals surface area contributed by atoms with Crippen LogP contribution in [0.5, 0.6) is 5.75 Å². The minimum absolute atomic E-state index is 0.0680. The van der Waals surface area contributed by atoms with Crippen LogP contribution < -0.4 is 10.1 Å². The monoisotopic (exact) mass is 405 g/mol. The quantitative estimate of drug-likeness (QED) is 0.429. The van der Waals surface area contributed by atoms with Gasteiger partial charge in [-0.1, -0.05) is 44.5 Å². The van der Waals surface area contributed by atoms with Crippen LogP contribution in [0, 0.1) is 0 Å². The molecule has 3 nitrogen and oxygen atoms in total. The van der Waals surface area contributed by atoms with E-state index in [4.69, 9.17) is 16.3 Å². The molecule has 1 N–H and O–H groups in total. The fraction of sp³-hybridized carbons (Fsp3) is 0.409. The summed E-state index contributed by atoms with van der Waals surface area (Å²) in [6.45, 7) is 7.55. The predicted octanol–water partition coefficient (Wildman–Crippen LogP) is 5.71. The van der Waals surface area contributed by atoms with E-state index in [0.717, 1.165) is 22.9 Å². The molecule has 2 aromatic carbocycles. The van der Waals surface area contributed by atoms with Gasteiger partial charge in [-0.15, -0.1) is 11.8 Å². The molecule has 0 heterocycles. The fourth-order valence-electron chi connectivity index (χ4n) is 2.45. The van der Waals surface area contributed by atoms with Gasteiger partial charge in [0.15, 0.2) is 0 Å². The van der Waals surface area contributed by atoms with Gasteiger partial charge in [-0.2, -0.15) is 0 Å². The summed E-state index contributed by atoms with van der Waals surface area (Å²) in [7, 11) is 0. The molecule has 0 saturated carbocycles. The van der Waals surface area contributed by atoms with Gasteiger partial charge in [-0.05, 0) is 59.6 Å². The first-order valence-electron chi connectivity index (χ1n) is 9.23. The van der Waals surface area contributed by atoms with Gasteiger partial charge in [-0.25, -0.2) is 0 Å². The first kappa shape index (κ1) is 21.6. The molecule has 0 aliphatic heterocycles. The van der Waals surface area contributed by atoms with Gasteiger partial charge >= 0.3 is 0 Å². The van der Waals surface area contributed by atoms with Crippen molar-refractivity contribution in [1.29, 1.82) is 0 Å². The molecule has 0 saturated heterocycles. The second-order valence-electron chi connectivity index (χ2n) is 7.38. The Morgan fingerprint density at radius 3 is 2.37 bits per heavy atom. The number of hydrogen-bond donors (Lipinski definition) is 1. The van der Waals surface area contributed by atoms with Crippen molar-refractivity contribution in [1.82, 2.24) is 5.32 Å². The van der Waals surface area contributed by atoms with Crippen LogP contribution in [0.1, 0.15) is 39.2 Å². The van der Waals surface area contributed by atoms with Crippen LogP contribution in [0.4, 0.5) is 0 Å². The zero-order chi connectivity index (χ0) is 19.7. The van der Waals surface area contributed by atoms with E-state index in [1.807, 2.05) is 36.4 Å². The number of thioether (sulfide) groups is 1. The third-order valence-corrected chi connectivity index (χ3v) is 5.39. The van der Waals surface area contributed by atoms with Gasteiger partial charge < -0.3 is 10.1 Å². The van der Waals surface area contributed by atoms with Gasteiger partial charge in [0.05, 0.1) is 6.54 Å². The lowest BCUT2D eigenvalue weighted by Gasteiger charge is -2.19. The highest BCUT2D eigenvalue weighted by molar-refractivity contribution is 7.99. The van der Waals surface area contributed by atoms with Crippen LogP contribution in [0.3, 0.4) is 0 Å².